The summed E-state index contributed by atoms with van der Waals surface area (Å²) in [6.07, 6.45) is 5.18. The van der Waals surface area contributed by atoms with Crippen molar-refractivity contribution in [1.82, 2.24) is 15.0 Å². The van der Waals surface area contributed by atoms with Crippen LogP contribution in [-0.4, -0.2) is 20.7 Å². The van der Waals surface area contributed by atoms with Crippen LogP contribution >= 0.6 is 0 Å². The number of rotatable bonds is 4. The van der Waals surface area contributed by atoms with Crippen LogP contribution in [0.25, 0.3) is 11.3 Å². The Morgan fingerprint density at radius 2 is 2.00 bits per heavy atom. The Hall–Kier alpha value is -3.08. The Kier molecular flexibility index (Phi) is 4.10. The minimum atomic E-state index is 0.0260. The molecule has 0 fully saturated rings. The van der Waals surface area contributed by atoms with Gasteiger partial charge in [-0.1, -0.05) is 12.1 Å². The summed E-state index contributed by atoms with van der Waals surface area (Å²) in [5.74, 6) is 0.508. The van der Waals surface area contributed by atoms with Gasteiger partial charge in [0.05, 0.1) is 5.69 Å². The Labute approximate surface area is 134 Å². The number of Topliss-reactive ketones (excluding diaryl/α,β-unsaturated/α-hetero) is 1. The fourth-order valence-corrected chi connectivity index (χ4v) is 2.19. The van der Waals surface area contributed by atoms with Crippen molar-refractivity contribution in [2.45, 2.75) is 13.8 Å². The largest absolute Gasteiger partial charge is 0.324 e. The number of aryl methyl sites for hydroxylation is 1. The number of nitrogens with one attached hydrogen (secondary N) is 1. The van der Waals surface area contributed by atoms with Crippen molar-refractivity contribution in [2.24, 2.45) is 0 Å². The number of pyridine rings is 1. The molecule has 3 rings (SSSR count). The second kappa shape index (κ2) is 6.36. The van der Waals surface area contributed by atoms with E-state index in [9.17, 15) is 4.79 Å². The summed E-state index contributed by atoms with van der Waals surface area (Å²) in [6, 6.07) is 11.2. The van der Waals surface area contributed by atoms with Gasteiger partial charge in [0, 0.05) is 35.4 Å². The van der Waals surface area contributed by atoms with E-state index in [4.69, 9.17) is 0 Å². The summed E-state index contributed by atoms with van der Waals surface area (Å²) < 4.78 is 0. The highest BCUT2D eigenvalue weighted by Crippen LogP contribution is 2.22. The number of benzene rings is 1. The molecular weight excluding hydrogens is 288 g/mol. The van der Waals surface area contributed by atoms with E-state index in [0.717, 1.165) is 22.5 Å². The number of carbonyl (C=O) groups is 1. The zero-order valence-corrected chi connectivity index (χ0v) is 12.9. The molecule has 5 heteroatoms. The first-order chi connectivity index (χ1) is 11.1. The van der Waals surface area contributed by atoms with Crippen LogP contribution in [0.5, 0.6) is 0 Å². The fourth-order valence-electron chi connectivity index (χ4n) is 2.19. The summed E-state index contributed by atoms with van der Waals surface area (Å²) in [6.45, 7) is 3.52. The van der Waals surface area contributed by atoms with Gasteiger partial charge in [-0.25, -0.2) is 9.97 Å². The number of nitrogens with zero attached hydrogens (tertiary/aromatic N) is 3. The van der Waals surface area contributed by atoms with E-state index in [0.29, 0.717) is 11.5 Å². The molecule has 1 aromatic carbocycles. The topological polar surface area (TPSA) is 67.8 Å². The van der Waals surface area contributed by atoms with Gasteiger partial charge in [0.1, 0.15) is 0 Å². The van der Waals surface area contributed by atoms with Gasteiger partial charge in [0.2, 0.25) is 5.95 Å². The minimum Gasteiger partial charge on any atom is -0.324 e. The van der Waals surface area contributed by atoms with Crippen LogP contribution in [0, 0.1) is 6.92 Å². The van der Waals surface area contributed by atoms with Crippen molar-refractivity contribution in [1.29, 1.82) is 0 Å². The van der Waals surface area contributed by atoms with Crippen molar-refractivity contribution in [3.8, 4) is 11.3 Å². The first-order valence-corrected chi connectivity index (χ1v) is 7.25. The van der Waals surface area contributed by atoms with Crippen molar-refractivity contribution in [3.05, 3.63) is 66.1 Å². The molecule has 0 aliphatic rings. The first kappa shape index (κ1) is 14.8. The number of ketones is 1. The average molecular weight is 304 g/mol. The maximum atomic E-state index is 11.5. The van der Waals surface area contributed by atoms with E-state index in [1.807, 2.05) is 43.3 Å². The lowest BCUT2D eigenvalue weighted by Crippen LogP contribution is -2.01. The van der Waals surface area contributed by atoms with Gasteiger partial charge in [-0.05, 0) is 43.7 Å². The average Bonchev–Trinajstić information content (AvgIpc) is 2.58. The van der Waals surface area contributed by atoms with Gasteiger partial charge in [-0.15, -0.1) is 0 Å². The normalized spacial score (nSPS) is 10.3. The molecule has 3 aromatic rings. The molecule has 5 nitrogen and oxygen atoms in total. The van der Waals surface area contributed by atoms with Gasteiger partial charge in [-0.2, -0.15) is 0 Å². The third kappa shape index (κ3) is 3.40. The highest BCUT2D eigenvalue weighted by atomic mass is 16.1. The molecule has 0 atom stereocenters. The SMILES string of the molecule is CC(=O)c1ccc(C)c(Nc2nccc(-c3cccnc3)n2)c1. The predicted molar refractivity (Wildman–Crippen MR) is 89.7 cm³/mol. The van der Waals surface area contributed by atoms with Crippen LogP contribution in [0.15, 0.2) is 55.0 Å². The van der Waals surface area contributed by atoms with Crippen LogP contribution in [0.2, 0.25) is 0 Å². The Morgan fingerprint density at radius 3 is 2.74 bits per heavy atom. The van der Waals surface area contributed by atoms with Gasteiger partial charge < -0.3 is 5.32 Å². The molecule has 0 saturated heterocycles. The van der Waals surface area contributed by atoms with Crippen molar-refractivity contribution >= 4 is 17.4 Å². The molecule has 0 saturated carbocycles. The standard InChI is InChI=1S/C18H16N4O/c1-12-5-6-14(13(2)23)10-17(12)22-18-20-9-7-16(21-18)15-4-3-8-19-11-15/h3-11H,1-2H3,(H,20,21,22). The lowest BCUT2D eigenvalue weighted by molar-refractivity contribution is 0.101. The quantitative estimate of drug-likeness (QED) is 0.743. The highest BCUT2D eigenvalue weighted by molar-refractivity contribution is 5.95. The summed E-state index contributed by atoms with van der Waals surface area (Å²) >= 11 is 0. The van der Waals surface area contributed by atoms with Crippen molar-refractivity contribution in [3.63, 3.8) is 0 Å². The molecule has 2 heterocycles. The van der Waals surface area contributed by atoms with Crippen molar-refractivity contribution in [2.75, 3.05) is 5.32 Å². The lowest BCUT2D eigenvalue weighted by Gasteiger charge is -2.10. The summed E-state index contributed by atoms with van der Waals surface area (Å²) in [7, 11) is 0. The highest BCUT2D eigenvalue weighted by Gasteiger charge is 2.07. The summed E-state index contributed by atoms with van der Waals surface area (Å²) in [5, 5.41) is 3.18. The van der Waals surface area contributed by atoms with Crippen LogP contribution in [-0.2, 0) is 0 Å². The van der Waals surface area contributed by atoms with E-state index in [-0.39, 0.29) is 5.78 Å². The van der Waals surface area contributed by atoms with Crippen LogP contribution < -0.4 is 5.32 Å². The molecule has 1 N–H and O–H groups in total. The Morgan fingerprint density at radius 1 is 1.13 bits per heavy atom. The molecule has 0 aliphatic carbocycles. The minimum absolute atomic E-state index is 0.0260. The second-order valence-electron chi connectivity index (χ2n) is 5.22. The predicted octanol–water partition coefficient (Wildman–Crippen LogP) is 3.79. The molecule has 2 aromatic heterocycles. The van der Waals surface area contributed by atoms with E-state index in [1.165, 1.54) is 0 Å². The summed E-state index contributed by atoms with van der Waals surface area (Å²) in [4.78, 5) is 24.4. The number of carbonyl (C=O) groups excluding carboxylic acids is 1. The Balaban J connectivity index is 1.92. The monoisotopic (exact) mass is 304 g/mol. The third-order valence-electron chi connectivity index (χ3n) is 3.50. The third-order valence-corrected chi connectivity index (χ3v) is 3.50. The second-order valence-corrected chi connectivity index (χ2v) is 5.22. The first-order valence-electron chi connectivity index (χ1n) is 7.25. The molecule has 0 spiro atoms. The van der Waals surface area contributed by atoms with E-state index in [1.54, 1.807) is 25.5 Å². The zero-order chi connectivity index (χ0) is 16.2. The number of anilines is 2. The molecule has 0 aliphatic heterocycles. The molecule has 23 heavy (non-hydrogen) atoms. The number of hydrogen-bond donors (Lipinski definition) is 1. The van der Waals surface area contributed by atoms with Crippen LogP contribution in [0.1, 0.15) is 22.8 Å². The number of hydrogen-bond acceptors (Lipinski definition) is 5. The maximum absolute atomic E-state index is 11.5. The molecule has 0 bridgehead atoms. The molecule has 0 unspecified atom stereocenters. The Bertz CT molecular complexity index is 847. The smallest absolute Gasteiger partial charge is 0.227 e. The van der Waals surface area contributed by atoms with Gasteiger partial charge in [0.15, 0.2) is 5.78 Å². The molecule has 0 radical (unpaired) electrons. The van der Waals surface area contributed by atoms with Crippen LogP contribution in [0.4, 0.5) is 11.6 Å². The van der Waals surface area contributed by atoms with E-state index >= 15 is 0 Å². The van der Waals surface area contributed by atoms with Gasteiger partial charge in [0.25, 0.3) is 0 Å². The molecular formula is C18H16N4O. The maximum Gasteiger partial charge on any atom is 0.227 e. The van der Waals surface area contributed by atoms with E-state index < -0.39 is 0 Å². The molecule has 114 valence electrons. The fraction of sp³-hybridized carbons (Fsp3) is 0.111. The van der Waals surface area contributed by atoms with Crippen molar-refractivity contribution < 1.29 is 4.79 Å². The summed E-state index contributed by atoms with van der Waals surface area (Å²) in [5.41, 5.74) is 4.20. The van der Waals surface area contributed by atoms with Gasteiger partial charge in [-0.3, -0.25) is 9.78 Å². The number of aromatic nitrogens is 3. The zero-order valence-electron chi connectivity index (χ0n) is 12.9. The van der Waals surface area contributed by atoms with E-state index in [2.05, 4.69) is 20.3 Å². The van der Waals surface area contributed by atoms with Gasteiger partial charge >= 0.3 is 0 Å². The molecule has 0 amide bonds. The lowest BCUT2D eigenvalue weighted by atomic mass is 10.1. The van der Waals surface area contributed by atoms with Crippen LogP contribution in [0.3, 0.4) is 0 Å².